The van der Waals surface area contributed by atoms with Crippen LogP contribution in [0.4, 0.5) is 0 Å². The van der Waals surface area contributed by atoms with E-state index in [0.29, 0.717) is 0 Å². The van der Waals surface area contributed by atoms with Crippen LogP contribution in [-0.4, -0.2) is 36.0 Å². The van der Waals surface area contributed by atoms with E-state index >= 15 is 0 Å². The number of carbonyl (C=O) groups excluding carboxylic acids is 1. The quantitative estimate of drug-likeness (QED) is 0.448. The minimum Gasteiger partial charge on any atom is -0.394 e. The summed E-state index contributed by atoms with van der Waals surface area (Å²) in [5, 5.41) is 9.14. The summed E-state index contributed by atoms with van der Waals surface area (Å²) in [6.45, 7) is 6.41. The van der Waals surface area contributed by atoms with Crippen molar-refractivity contribution in [1.29, 1.82) is 0 Å². The first kappa shape index (κ1) is 21.1. The Kier molecular flexibility index (Phi) is 12.7. The van der Waals surface area contributed by atoms with Crippen LogP contribution in [0.3, 0.4) is 0 Å². The molecular weight excluding hydrogens is 286 g/mol. The first-order chi connectivity index (χ1) is 11.1. The van der Waals surface area contributed by atoms with Gasteiger partial charge in [-0.3, -0.25) is 4.79 Å². The van der Waals surface area contributed by atoms with Gasteiger partial charge in [0.25, 0.3) is 0 Å². The number of aldehydes is 1. The molecule has 0 bridgehead atoms. The Labute approximate surface area is 141 Å². The van der Waals surface area contributed by atoms with Crippen molar-refractivity contribution in [1.82, 2.24) is 4.90 Å². The molecule has 3 nitrogen and oxygen atoms in total. The van der Waals surface area contributed by atoms with Gasteiger partial charge in [-0.2, -0.15) is 0 Å². The van der Waals surface area contributed by atoms with Crippen LogP contribution in [0.2, 0.25) is 0 Å². The molecule has 0 radical (unpaired) electrons. The normalized spacial score (nSPS) is 12.5. The van der Waals surface area contributed by atoms with Gasteiger partial charge in [0.05, 0.1) is 6.61 Å². The number of likely N-dealkylation sites (N-methyl/N-ethyl adjacent to an activating group) is 1. The Morgan fingerprint density at radius 3 is 2.30 bits per heavy atom. The zero-order chi connectivity index (χ0) is 17.5. The number of hydrogen-bond donors (Lipinski definition) is 1. The van der Waals surface area contributed by atoms with Gasteiger partial charge in [0.2, 0.25) is 0 Å². The highest BCUT2D eigenvalue weighted by Gasteiger charge is 2.05. The summed E-state index contributed by atoms with van der Waals surface area (Å²) in [7, 11) is 1.92. The highest BCUT2D eigenvalue weighted by atomic mass is 16.3. The molecule has 1 atom stereocenters. The van der Waals surface area contributed by atoms with Gasteiger partial charge in [-0.25, -0.2) is 0 Å². The van der Waals surface area contributed by atoms with Crippen LogP contribution in [0.15, 0.2) is 54.3 Å². The maximum atomic E-state index is 10.5. The summed E-state index contributed by atoms with van der Waals surface area (Å²) in [6.07, 6.45) is 9.43. The smallest absolute Gasteiger partial charge is 0.142 e. The predicted octanol–water partition coefficient (Wildman–Crippen LogP) is 3.99. The molecule has 1 aromatic rings. The maximum Gasteiger partial charge on any atom is 0.142 e. The zero-order valence-electron chi connectivity index (χ0n) is 14.9. The van der Waals surface area contributed by atoms with E-state index in [2.05, 4.69) is 26.0 Å². The molecule has 3 heteroatoms. The predicted molar refractivity (Wildman–Crippen MR) is 98.3 cm³/mol. The fourth-order valence-electron chi connectivity index (χ4n) is 1.66. The van der Waals surface area contributed by atoms with Crippen LogP contribution in [0.1, 0.15) is 39.2 Å². The third-order valence-corrected chi connectivity index (χ3v) is 3.47. The Morgan fingerprint density at radius 1 is 1.22 bits per heavy atom. The average Bonchev–Trinajstić information content (AvgIpc) is 2.59. The minimum absolute atomic E-state index is 0.0513. The number of carbonyl (C=O) groups is 1. The van der Waals surface area contributed by atoms with Gasteiger partial charge >= 0.3 is 0 Å². The highest BCUT2D eigenvalue weighted by molar-refractivity contribution is 5.65. The number of aliphatic hydroxyl groups is 1. The second-order valence-corrected chi connectivity index (χ2v) is 5.56. The van der Waals surface area contributed by atoms with E-state index in [1.165, 1.54) is 24.5 Å². The van der Waals surface area contributed by atoms with Crippen LogP contribution in [0.25, 0.3) is 0 Å². The molecular formula is C20H31NO2. The van der Waals surface area contributed by atoms with E-state index in [9.17, 15) is 4.79 Å². The molecule has 23 heavy (non-hydrogen) atoms. The maximum absolute atomic E-state index is 10.5. The van der Waals surface area contributed by atoms with Crippen LogP contribution < -0.4 is 0 Å². The average molecular weight is 317 g/mol. The van der Waals surface area contributed by atoms with E-state index in [4.69, 9.17) is 5.11 Å². The Hall–Kier alpha value is -1.87. The number of unbranched alkanes of at least 4 members (excludes halogenated alkanes) is 1. The lowest BCUT2D eigenvalue weighted by Crippen LogP contribution is -2.27. The molecule has 1 aromatic carbocycles. The molecule has 1 unspecified atom stereocenters. The lowest BCUT2D eigenvalue weighted by molar-refractivity contribution is -0.104. The molecule has 0 spiro atoms. The summed E-state index contributed by atoms with van der Waals surface area (Å²) in [6, 6.07) is 10.1. The summed E-state index contributed by atoms with van der Waals surface area (Å²) in [5.41, 5.74) is 2.22. The van der Waals surface area contributed by atoms with Crippen LogP contribution in [0.5, 0.6) is 0 Å². The van der Waals surface area contributed by atoms with E-state index in [-0.39, 0.29) is 12.6 Å². The van der Waals surface area contributed by atoms with Crippen molar-refractivity contribution in [2.24, 2.45) is 0 Å². The molecule has 0 fully saturated rings. The number of allylic oxidation sites excluding steroid dienone is 3. The second-order valence-electron chi connectivity index (χ2n) is 5.56. The fraction of sp³-hybridized carbons (Fsp3) is 0.450. The first-order valence-electron chi connectivity index (χ1n) is 8.28. The molecule has 0 saturated carbocycles. The summed E-state index contributed by atoms with van der Waals surface area (Å²) in [4.78, 5) is 12.4. The van der Waals surface area contributed by atoms with Crippen LogP contribution in [-0.2, 0) is 11.2 Å². The lowest BCUT2D eigenvalue weighted by atomic mass is 10.1. The second kappa shape index (κ2) is 13.8. The SMILES string of the molecule is CC(CO)N(C)/C=C(\C=C/C=O)Cc1ccccc1.CCCC. The zero-order valence-corrected chi connectivity index (χ0v) is 14.9. The topological polar surface area (TPSA) is 40.5 Å². The lowest BCUT2D eigenvalue weighted by Gasteiger charge is -2.22. The number of rotatable bonds is 8. The van der Waals surface area contributed by atoms with Crippen molar-refractivity contribution < 1.29 is 9.90 Å². The number of benzene rings is 1. The van der Waals surface area contributed by atoms with Crippen molar-refractivity contribution in [2.45, 2.75) is 46.1 Å². The molecule has 0 aliphatic carbocycles. The summed E-state index contributed by atoms with van der Waals surface area (Å²) < 4.78 is 0. The third kappa shape index (κ3) is 10.5. The third-order valence-electron chi connectivity index (χ3n) is 3.47. The largest absolute Gasteiger partial charge is 0.394 e. The van der Waals surface area contributed by atoms with Gasteiger partial charge in [-0.1, -0.05) is 63.1 Å². The molecule has 1 rings (SSSR count). The number of nitrogens with zero attached hydrogens (tertiary/aromatic N) is 1. The van der Waals surface area contributed by atoms with Gasteiger partial charge in [0, 0.05) is 19.3 Å². The first-order valence-corrected chi connectivity index (χ1v) is 8.28. The number of aliphatic hydroxyl groups excluding tert-OH is 1. The molecule has 0 heterocycles. The van der Waals surface area contributed by atoms with Crippen molar-refractivity contribution in [2.75, 3.05) is 13.7 Å². The monoisotopic (exact) mass is 317 g/mol. The summed E-state index contributed by atoms with van der Waals surface area (Å²) in [5.74, 6) is 0. The standard InChI is InChI=1S/C16H21NO2.C4H10/c1-14(13-19)17(2)12-16(9-6-10-18)11-15-7-4-3-5-8-15;1-3-4-2/h3-10,12,14,19H,11,13H2,1-2H3;3-4H2,1-2H3/b9-6-,16-12+;. The van der Waals surface area contributed by atoms with E-state index in [1.54, 1.807) is 6.08 Å². The van der Waals surface area contributed by atoms with Crippen molar-refractivity contribution in [3.63, 3.8) is 0 Å². The van der Waals surface area contributed by atoms with Gasteiger partial charge in [0.15, 0.2) is 0 Å². The molecule has 0 aliphatic heterocycles. The molecule has 0 aliphatic rings. The van der Waals surface area contributed by atoms with Crippen molar-refractivity contribution in [3.8, 4) is 0 Å². The van der Waals surface area contributed by atoms with Crippen LogP contribution >= 0.6 is 0 Å². The number of hydrogen-bond acceptors (Lipinski definition) is 3. The van der Waals surface area contributed by atoms with E-state index < -0.39 is 0 Å². The molecule has 0 saturated heterocycles. The highest BCUT2D eigenvalue weighted by Crippen LogP contribution is 2.11. The molecule has 0 amide bonds. The summed E-state index contributed by atoms with van der Waals surface area (Å²) >= 11 is 0. The minimum atomic E-state index is 0.0513. The van der Waals surface area contributed by atoms with Crippen molar-refractivity contribution >= 4 is 6.29 Å². The fourth-order valence-corrected chi connectivity index (χ4v) is 1.66. The van der Waals surface area contributed by atoms with Gasteiger partial charge in [-0.05, 0) is 30.6 Å². The van der Waals surface area contributed by atoms with Gasteiger partial charge in [-0.15, -0.1) is 0 Å². The van der Waals surface area contributed by atoms with E-state index in [0.717, 1.165) is 18.3 Å². The Bertz CT molecular complexity index is 464. The van der Waals surface area contributed by atoms with Crippen molar-refractivity contribution in [3.05, 3.63) is 59.8 Å². The Balaban J connectivity index is 0.00000108. The van der Waals surface area contributed by atoms with E-state index in [1.807, 2.05) is 43.3 Å². The van der Waals surface area contributed by atoms with Gasteiger partial charge in [0.1, 0.15) is 6.29 Å². The molecule has 1 N–H and O–H groups in total. The Morgan fingerprint density at radius 2 is 1.83 bits per heavy atom. The molecule has 128 valence electrons. The van der Waals surface area contributed by atoms with Crippen LogP contribution in [0, 0.1) is 0 Å². The van der Waals surface area contributed by atoms with Gasteiger partial charge < -0.3 is 10.0 Å². The molecule has 0 aromatic heterocycles.